The fourth-order valence-electron chi connectivity index (χ4n) is 1.54. The lowest BCUT2D eigenvalue weighted by molar-refractivity contribution is 0.112. The number of nitrogens with zero attached hydrogens (tertiary/aromatic N) is 1. The lowest BCUT2D eigenvalue weighted by Gasteiger charge is -2.21. The van der Waals surface area contributed by atoms with Gasteiger partial charge in [0, 0.05) is 24.3 Å². The Morgan fingerprint density at radius 3 is 2.43 bits per heavy atom. The van der Waals surface area contributed by atoms with E-state index in [1.54, 1.807) is 0 Å². The van der Waals surface area contributed by atoms with E-state index in [1.165, 1.54) is 0 Å². The van der Waals surface area contributed by atoms with Crippen molar-refractivity contribution in [2.75, 3.05) is 18.0 Å². The van der Waals surface area contributed by atoms with Crippen LogP contribution in [0.3, 0.4) is 0 Å². The van der Waals surface area contributed by atoms with Crippen LogP contribution in [0.15, 0.2) is 18.2 Å². The smallest absolute Gasteiger partial charge is 0.150 e. The second-order valence-electron chi connectivity index (χ2n) is 3.33. The number of anilines is 1. The third-order valence-corrected chi connectivity index (χ3v) is 2.52. The molecule has 76 valence electrons. The second-order valence-corrected chi connectivity index (χ2v) is 3.33. The largest absolute Gasteiger partial charge is 0.372 e. The van der Waals surface area contributed by atoms with Gasteiger partial charge in [0.2, 0.25) is 0 Å². The summed E-state index contributed by atoms with van der Waals surface area (Å²) in [5.74, 6) is 0. The minimum absolute atomic E-state index is 0.786. The molecule has 0 aromatic heterocycles. The summed E-state index contributed by atoms with van der Waals surface area (Å²) < 4.78 is 0. The van der Waals surface area contributed by atoms with Crippen LogP contribution in [0, 0.1) is 6.92 Å². The van der Waals surface area contributed by atoms with Crippen molar-refractivity contribution >= 4 is 12.0 Å². The maximum Gasteiger partial charge on any atom is 0.150 e. The van der Waals surface area contributed by atoms with Crippen LogP contribution in [0.25, 0.3) is 0 Å². The molecule has 0 spiro atoms. The van der Waals surface area contributed by atoms with Crippen molar-refractivity contribution < 1.29 is 4.79 Å². The minimum atomic E-state index is 0.786. The van der Waals surface area contributed by atoms with E-state index in [9.17, 15) is 4.79 Å². The molecule has 0 saturated heterocycles. The first-order valence-corrected chi connectivity index (χ1v) is 5.03. The second kappa shape index (κ2) is 4.80. The Balaban J connectivity index is 3.04. The molecule has 0 unspecified atom stereocenters. The van der Waals surface area contributed by atoms with E-state index >= 15 is 0 Å². The molecule has 0 aliphatic carbocycles. The first kappa shape index (κ1) is 10.8. The summed E-state index contributed by atoms with van der Waals surface area (Å²) in [6, 6.07) is 6.02. The van der Waals surface area contributed by atoms with Gasteiger partial charge in [-0.1, -0.05) is 6.07 Å². The van der Waals surface area contributed by atoms with E-state index in [-0.39, 0.29) is 0 Å². The van der Waals surface area contributed by atoms with Gasteiger partial charge in [-0.3, -0.25) is 4.79 Å². The molecular formula is C12H17NO. The standard InChI is InChI=1S/C12H17NO/c1-4-13(5-2)12-7-6-10(3)11(8-12)9-14/h6-9H,4-5H2,1-3H3. The van der Waals surface area contributed by atoms with Gasteiger partial charge in [-0.25, -0.2) is 0 Å². The van der Waals surface area contributed by atoms with Crippen molar-refractivity contribution in [2.24, 2.45) is 0 Å². The summed E-state index contributed by atoms with van der Waals surface area (Å²) >= 11 is 0. The summed E-state index contributed by atoms with van der Waals surface area (Å²) in [6.07, 6.45) is 0.919. The van der Waals surface area contributed by atoms with Gasteiger partial charge < -0.3 is 4.90 Å². The quantitative estimate of drug-likeness (QED) is 0.682. The molecule has 0 bridgehead atoms. The molecule has 0 amide bonds. The number of carbonyl (C=O) groups is 1. The Hall–Kier alpha value is -1.31. The summed E-state index contributed by atoms with van der Waals surface area (Å²) in [5.41, 5.74) is 2.95. The Morgan fingerprint density at radius 1 is 1.29 bits per heavy atom. The van der Waals surface area contributed by atoms with Crippen LogP contribution in [0.2, 0.25) is 0 Å². The van der Waals surface area contributed by atoms with Crippen LogP contribution >= 0.6 is 0 Å². The first-order chi connectivity index (χ1) is 6.72. The molecule has 1 aromatic carbocycles. The Labute approximate surface area is 85.5 Å². The van der Waals surface area contributed by atoms with Gasteiger partial charge >= 0.3 is 0 Å². The maximum absolute atomic E-state index is 10.8. The van der Waals surface area contributed by atoms with Crippen LogP contribution in [-0.4, -0.2) is 19.4 Å². The normalized spacial score (nSPS) is 9.93. The van der Waals surface area contributed by atoms with Crippen LogP contribution in [0.4, 0.5) is 5.69 Å². The van der Waals surface area contributed by atoms with E-state index in [0.717, 1.165) is 36.2 Å². The molecule has 0 radical (unpaired) electrons. The number of hydrogen-bond acceptors (Lipinski definition) is 2. The zero-order valence-electron chi connectivity index (χ0n) is 9.08. The van der Waals surface area contributed by atoms with Crippen molar-refractivity contribution in [3.63, 3.8) is 0 Å². The van der Waals surface area contributed by atoms with E-state index in [4.69, 9.17) is 0 Å². The minimum Gasteiger partial charge on any atom is -0.372 e. The molecule has 2 heteroatoms. The van der Waals surface area contributed by atoms with Gasteiger partial charge in [0.05, 0.1) is 0 Å². The lowest BCUT2D eigenvalue weighted by atomic mass is 10.1. The van der Waals surface area contributed by atoms with Gasteiger partial charge in [-0.15, -0.1) is 0 Å². The SMILES string of the molecule is CCN(CC)c1ccc(C)c(C=O)c1. The third-order valence-electron chi connectivity index (χ3n) is 2.52. The van der Waals surface area contributed by atoms with Crippen molar-refractivity contribution in [3.8, 4) is 0 Å². The van der Waals surface area contributed by atoms with E-state index in [2.05, 4.69) is 24.8 Å². The number of hydrogen-bond donors (Lipinski definition) is 0. The molecule has 0 N–H and O–H groups in total. The highest BCUT2D eigenvalue weighted by Gasteiger charge is 2.03. The third kappa shape index (κ3) is 2.13. The Kier molecular flexibility index (Phi) is 3.69. The Bertz CT molecular complexity index is 316. The summed E-state index contributed by atoms with van der Waals surface area (Å²) in [6.45, 7) is 8.12. The van der Waals surface area contributed by atoms with Gasteiger partial charge in [-0.05, 0) is 38.5 Å². The van der Waals surface area contributed by atoms with Crippen LogP contribution in [0.5, 0.6) is 0 Å². The molecule has 0 atom stereocenters. The monoisotopic (exact) mass is 191 g/mol. The average Bonchev–Trinajstić information content (AvgIpc) is 2.22. The van der Waals surface area contributed by atoms with Crippen molar-refractivity contribution in [2.45, 2.75) is 20.8 Å². The van der Waals surface area contributed by atoms with Crippen molar-refractivity contribution in [3.05, 3.63) is 29.3 Å². The number of aldehydes is 1. The molecule has 0 aliphatic heterocycles. The molecular weight excluding hydrogens is 174 g/mol. The molecule has 0 aliphatic rings. The molecule has 14 heavy (non-hydrogen) atoms. The molecule has 0 heterocycles. The average molecular weight is 191 g/mol. The van der Waals surface area contributed by atoms with E-state index in [0.29, 0.717) is 0 Å². The highest BCUT2D eigenvalue weighted by Crippen LogP contribution is 2.17. The zero-order chi connectivity index (χ0) is 10.6. The van der Waals surface area contributed by atoms with Crippen molar-refractivity contribution in [1.29, 1.82) is 0 Å². The predicted molar refractivity (Wildman–Crippen MR) is 60.1 cm³/mol. The maximum atomic E-state index is 10.8. The van der Waals surface area contributed by atoms with E-state index in [1.807, 2.05) is 19.1 Å². The fraction of sp³-hybridized carbons (Fsp3) is 0.417. The predicted octanol–water partition coefficient (Wildman–Crippen LogP) is 2.65. The van der Waals surface area contributed by atoms with Gasteiger partial charge in [0.15, 0.2) is 0 Å². The molecule has 0 saturated carbocycles. The van der Waals surface area contributed by atoms with Gasteiger partial charge in [0.1, 0.15) is 6.29 Å². The fourth-order valence-corrected chi connectivity index (χ4v) is 1.54. The van der Waals surface area contributed by atoms with Gasteiger partial charge in [-0.2, -0.15) is 0 Å². The van der Waals surface area contributed by atoms with Crippen LogP contribution in [0.1, 0.15) is 29.8 Å². The highest BCUT2D eigenvalue weighted by molar-refractivity contribution is 5.79. The number of carbonyl (C=O) groups excluding carboxylic acids is 1. The first-order valence-electron chi connectivity index (χ1n) is 5.03. The van der Waals surface area contributed by atoms with Crippen LogP contribution in [-0.2, 0) is 0 Å². The number of rotatable bonds is 4. The van der Waals surface area contributed by atoms with E-state index < -0.39 is 0 Å². The summed E-state index contributed by atoms with van der Waals surface area (Å²) in [4.78, 5) is 13.0. The Morgan fingerprint density at radius 2 is 1.93 bits per heavy atom. The van der Waals surface area contributed by atoms with Gasteiger partial charge in [0.25, 0.3) is 0 Å². The number of benzene rings is 1. The number of aryl methyl sites for hydroxylation is 1. The molecule has 2 nitrogen and oxygen atoms in total. The molecule has 1 aromatic rings. The molecule has 1 rings (SSSR count). The molecule has 0 fully saturated rings. The zero-order valence-corrected chi connectivity index (χ0v) is 9.08. The van der Waals surface area contributed by atoms with Crippen LogP contribution < -0.4 is 4.90 Å². The highest BCUT2D eigenvalue weighted by atomic mass is 16.1. The topological polar surface area (TPSA) is 20.3 Å². The lowest BCUT2D eigenvalue weighted by Crippen LogP contribution is -2.21. The van der Waals surface area contributed by atoms with Crippen molar-refractivity contribution in [1.82, 2.24) is 0 Å². The summed E-state index contributed by atoms with van der Waals surface area (Å²) in [7, 11) is 0. The summed E-state index contributed by atoms with van der Waals surface area (Å²) in [5, 5.41) is 0.